The molecular formula is C12H16N2OS. The van der Waals surface area contributed by atoms with E-state index < -0.39 is 5.92 Å². The van der Waals surface area contributed by atoms with Crippen LogP contribution < -0.4 is 5.32 Å². The van der Waals surface area contributed by atoms with Crippen LogP contribution in [0.3, 0.4) is 0 Å². The molecule has 1 rings (SSSR count). The molecule has 0 bridgehead atoms. The molecule has 1 aromatic heterocycles. The highest BCUT2D eigenvalue weighted by Gasteiger charge is 2.23. The Balaban J connectivity index is 2.62. The molecule has 0 aliphatic rings. The maximum atomic E-state index is 11.8. The van der Waals surface area contributed by atoms with Crippen LogP contribution in [-0.2, 0) is 11.2 Å². The Hall–Kier alpha value is -1.34. The van der Waals surface area contributed by atoms with E-state index in [9.17, 15) is 4.79 Å². The van der Waals surface area contributed by atoms with Crippen LogP contribution in [0.4, 0.5) is 0 Å². The van der Waals surface area contributed by atoms with E-state index in [4.69, 9.17) is 5.26 Å². The van der Waals surface area contributed by atoms with Crippen molar-refractivity contribution in [2.45, 2.75) is 32.7 Å². The van der Waals surface area contributed by atoms with Gasteiger partial charge in [-0.25, -0.2) is 0 Å². The van der Waals surface area contributed by atoms with Crippen molar-refractivity contribution >= 4 is 17.2 Å². The van der Waals surface area contributed by atoms with Crippen molar-refractivity contribution in [3.63, 3.8) is 0 Å². The van der Waals surface area contributed by atoms with Gasteiger partial charge in [0.1, 0.15) is 5.92 Å². The quantitative estimate of drug-likeness (QED) is 0.875. The summed E-state index contributed by atoms with van der Waals surface area (Å²) in [4.78, 5) is 12.9. The minimum atomic E-state index is -0.599. The summed E-state index contributed by atoms with van der Waals surface area (Å²) in [5, 5.41) is 13.8. The summed E-state index contributed by atoms with van der Waals surface area (Å²) in [5.41, 5.74) is -0.290. The van der Waals surface area contributed by atoms with E-state index in [1.807, 2.05) is 38.3 Å². The first-order chi connectivity index (χ1) is 7.42. The molecule has 0 saturated carbocycles. The SMILES string of the molecule is CC(C)(C)NC(=O)C(C#N)Cc1cccs1. The number of amides is 1. The molecule has 0 radical (unpaired) electrons. The molecule has 16 heavy (non-hydrogen) atoms. The van der Waals surface area contributed by atoms with Crippen molar-refractivity contribution in [2.75, 3.05) is 0 Å². The predicted octanol–water partition coefficient (Wildman–Crippen LogP) is 2.35. The van der Waals surface area contributed by atoms with Gasteiger partial charge in [-0.1, -0.05) is 6.07 Å². The summed E-state index contributed by atoms with van der Waals surface area (Å²) >= 11 is 1.57. The Kier molecular flexibility index (Phi) is 4.08. The highest BCUT2D eigenvalue weighted by molar-refractivity contribution is 7.09. The van der Waals surface area contributed by atoms with Crippen LogP contribution in [0.1, 0.15) is 25.6 Å². The van der Waals surface area contributed by atoms with Crippen molar-refractivity contribution in [1.29, 1.82) is 5.26 Å². The predicted molar refractivity (Wildman–Crippen MR) is 65.0 cm³/mol. The van der Waals surface area contributed by atoms with E-state index >= 15 is 0 Å². The molecule has 3 nitrogen and oxygen atoms in total. The zero-order chi connectivity index (χ0) is 12.2. The lowest BCUT2D eigenvalue weighted by molar-refractivity contribution is -0.124. The Morgan fingerprint density at radius 1 is 1.62 bits per heavy atom. The first-order valence-electron chi connectivity index (χ1n) is 5.16. The lowest BCUT2D eigenvalue weighted by atomic mass is 10.0. The van der Waals surface area contributed by atoms with E-state index in [1.165, 1.54) is 0 Å². The van der Waals surface area contributed by atoms with E-state index in [-0.39, 0.29) is 11.4 Å². The summed E-state index contributed by atoms with van der Waals surface area (Å²) in [6, 6.07) is 5.93. The van der Waals surface area contributed by atoms with Gasteiger partial charge in [-0.3, -0.25) is 4.79 Å². The number of rotatable bonds is 3. The molecule has 86 valence electrons. The molecule has 1 amide bonds. The third-order valence-electron chi connectivity index (χ3n) is 1.96. The van der Waals surface area contributed by atoms with Gasteiger partial charge in [0.15, 0.2) is 0 Å². The highest BCUT2D eigenvalue weighted by atomic mass is 32.1. The van der Waals surface area contributed by atoms with Crippen molar-refractivity contribution in [3.8, 4) is 6.07 Å². The zero-order valence-corrected chi connectivity index (χ0v) is 10.6. The molecule has 0 aliphatic carbocycles. The van der Waals surface area contributed by atoms with E-state index in [2.05, 4.69) is 11.4 Å². The van der Waals surface area contributed by atoms with Crippen LogP contribution in [0.5, 0.6) is 0 Å². The van der Waals surface area contributed by atoms with E-state index in [1.54, 1.807) is 11.3 Å². The summed E-state index contributed by atoms with van der Waals surface area (Å²) in [6.45, 7) is 5.72. The highest BCUT2D eigenvalue weighted by Crippen LogP contribution is 2.15. The van der Waals surface area contributed by atoms with Crippen molar-refractivity contribution in [1.82, 2.24) is 5.32 Å². The molecular weight excluding hydrogens is 220 g/mol. The second-order valence-electron chi connectivity index (χ2n) is 4.70. The fourth-order valence-corrected chi connectivity index (χ4v) is 2.04. The molecule has 0 spiro atoms. The summed E-state index contributed by atoms with van der Waals surface area (Å²) in [5.74, 6) is -0.790. The second-order valence-corrected chi connectivity index (χ2v) is 5.74. The number of carbonyl (C=O) groups is 1. The molecule has 1 aromatic rings. The van der Waals surface area contributed by atoms with Crippen LogP contribution >= 0.6 is 11.3 Å². The van der Waals surface area contributed by atoms with Gasteiger partial charge in [0.2, 0.25) is 5.91 Å². The number of hydrogen-bond donors (Lipinski definition) is 1. The summed E-state index contributed by atoms with van der Waals surface area (Å²) < 4.78 is 0. The normalized spacial score (nSPS) is 12.9. The van der Waals surface area contributed by atoms with Gasteiger partial charge in [0.05, 0.1) is 6.07 Å². The van der Waals surface area contributed by atoms with Crippen molar-refractivity contribution in [3.05, 3.63) is 22.4 Å². The van der Waals surface area contributed by atoms with Gasteiger partial charge >= 0.3 is 0 Å². The lowest BCUT2D eigenvalue weighted by Gasteiger charge is -2.22. The van der Waals surface area contributed by atoms with Gasteiger partial charge in [-0.15, -0.1) is 11.3 Å². The number of thiophene rings is 1. The van der Waals surface area contributed by atoms with Crippen LogP contribution in [0.15, 0.2) is 17.5 Å². The minimum absolute atomic E-state index is 0.191. The fourth-order valence-electron chi connectivity index (χ4n) is 1.28. The molecule has 0 aromatic carbocycles. The fraction of sp³-hybridized carbons (Fsp3) is 0.500. The Labute approximate surface area is 100 Å². The molecule has 1 N–H and O–H groups in total. The molecule has 1 unspecified atom stereocenters. The van der Waals surface area contributed by atoms with Gasteiger partial charge < -0.3 is 5.32 Å². The third kappa shape index (κ3) is 4.03. The second kappa shape index (κ2) is 5.13. The monoisotopic (exact) mass is 236 g/mol. The molecule has 0 saturated heterocycles. The largest absolute Gasteiger partial charge is 0.350 e. The summed E-state index contributed by atoms with van der Waals surface area (Å²) in [6.07, 6.45) is 0.496. The average molecular weight is 236 g/mol. The van der Waals surface area contributed by atoms with E-state index in [0.717, 1.165) is 4.88 Å². The first-order valence-corrected chi connectivity index (χ1v) is 6.04. The van der Waals surface area contributed by atoms with Gasteiger partial charge in [0.25, 0.3) is 0 Å². The topological polar surface area (TPSA) is 52.9 Å². The first kappa shape index (κ1) is 12.7. The number of nitrogens with one attached hydrogen (secondary N) is 1. The van der Waals surface area contributed by atoms with Gasteiger partial charge in [-0.2, -0.15) is 5.26 Å². The van der Waals surface area contributed by atoms with Crippen LogP contribution in [0.2, 0.25) is 0 Å². The number of hydrogen-bond acceptors (Lipinski definition) is 3. The number of carbonyl (C=O) groups excluding carboxylic acids is 1. The molecule has 0 fully saturated rings. The van der Waals surface area contributed by atoms with E-state index in [0.29, 0.717) is 6.42 Å². The van der Waals surface area contributed by atoms with Crippen molar-refractivity contribution < 1.29 is 4.79 Å². The Bertz CT molecular complexity index is 384. The Morgan fingerprint density at radius 3 is 2.75 bits per heavy atom. The summed E-state index contributed by atoms with van der Waals surface area (Å²) in [7, 11) is 0. The number of nitrogens with zero attached hydrogens (tertiary/aromatic N) is 1. The molecule has 4 heteroatoms. The smallest absolute Gasteiger partial charge is 0.238 e. The average Bonchev–Trinajstić information content (AvgIpc) is 2.63. The molecule has 1 heterocycles. The van der Waals surface area contributed by atoms with Crippen LogP contribution in [0, 0.1) is 17.2 Å². The van der Waals surface area contributed by atoms with Crippen molar-refractivity contribution in [2.24, 2.45) is 5.92 Å². The van der Waals surface area contributed by atoms with Gasteiger partial charge in [-0.05, 0) is 32.2 Å². The Morgan fingerprint density at radius 2 is 2.31 bits per heavy atom. The number of nitriles is 1. The maximum absolute atomic E-state index is 11.8. The van der Waals surface area contributed by atoms with Crippen LogP contribution in [-0.4, -0.2) is 11.4 Å². The third-order valence-corrected chi connectivity index (χ3v) is 2.85. The standard InChI is InChI=1S/C12H16N2OS/c1-12(2,3)14-11(15)9(8-13)7-10-5-4-6-16-10/h4-6,9H,7H2,1-3H3,(H,14,15). The maximum Gasteiger partial charge on any atom is 0.238 e. The van der Waals surface area contributed by atoms with Gasteiger partial charge in [0, 0.05) is 16.8 Å². The molecule has 0 aliphatic heterocycles. The zero-order valence-electron chi connectivity index (χ0n) is 9.78. The minimum Gasteiger partial charge on any atom is -0.350 e. The molecule has 1 atom stereocenters. The van der Waals surface area contributed by atoms with Crippen LogP contribution in [0.25, 0.3) is 0 Å². The lowest BCUT2D eigenvalue weighted by Crippen LogP contribution is -2.44.